The third-order valence-corrected chi connectivity index (χ3v) is 11.9. The fourth-order valence-corrected chi connectivity index (χ4v) is 9.25. The van der Waals surface area contributed by atoms with Gasteiger partial charge in [0.1, 0.15) is 11.8 Å². The molecule has 4 atom stereocenters. The molecule has 0 bridgehead atoms. The van der Waals surface area contributed by atoms with E-state index in [9.17, 15) is 22.8 Å². The van der Waals surface area contributed by atoms with Crippen molar-refractivity contribution in [3.63, 3.8) is 0 Å². The van der Waals surface area contributed by atoms with Crippen LogP contribution >= 0.6 is 22.9 Å². The number of hydrogen-bond donors (Lipinski definition) is 1. The number of sulfonamides is 1. The Hall–Kier alpha value is -1.79. The second-order valence-electron chi connectivity index (χ2n) is 12.4. The molecule has 0 radical (unpaired) electrons. The van der Waals surface area contributed by atoms with Crippen molar-refractivity contribution < 1.29 is 22.8 Å². The van der Waals surface area contributed by atoms with E-state index in [1.54, 1.807) is 12.1 Å². The van der Waals surface area contributed by atoms with Crippen molar-refractivity contribution in [2.75, 3.05) is 39.3 Å². The van der Waals surface area contributed by atoms with Crippen molar-refractivity contribution in [1.82, 2.24) is 19.4 Å². The Kier molecular flexibility index (Phi) is 10.5. The summed E-state index contributed by atoms with van der Waals surface area (Å²) in [6.07, 6.45) is 9.80. The Morgan fingerprint density at radius 3 is 2.57 bits per heavy atom. The van der Waals surface area contributed by atoms with E-state index in [-0.39, 0.29) is 36.2 Å². The molecule has 9 nitrogen and oxygen atoms in total. The van der Waals surface area contributed by atoms with Crippen LogP contribution in [0.1, 0.15) is 69.6 Å². The first kappa shape index (κ1) is 31.6. The highest BCUT2D eigenvalue weighted by molar-refractivity contribution is 7.92. The SMILES string of the molecule is CC(C(=O)C1CCCC1)C1CCN(C[C@@H]2CCCN2C(=O)CN2CCC[C@H](NS(=O)(=O)/C=C/c3ccc(Cl)s3)C2=O)C1. The molecule has 1 N–H and O–H groups in total. The average Bonchev–Trinajstić information content (AvgIpc) is 3.77. The maximum absolute atomic E-state index is 13.4. The van der Waals surface area contributed by atoms with Gasteiger partial charge in [-0.2, -0.15) is 4.72 Å². The molecule has 232 valence electrons. The van der Waals surface area contributed by atoms with Gasteiger partial charge in [0, 0.05) is 54.3 Å². The number of carbonyl (C=O) groups is 3. The van der Waals surface area contributed by atoms with Gasteiger partial charge in [-0.05, 0) is 75.6 Å². The van der Waals surface area contributed by atoms with Gasteiger partial charge in [-0.3, -0.25) is 14.4 Å². The van der Waals surface area contributed by atoms with E-state index in [4.69, 9.17) is 11.6 Å². The Balaban J connectivity index is 1.11. The number of amides is 2. The lowest BCUT2D eigenvalue weighted by atomic mass is 9.83. The van der Waals surface area contributed by atoms with Crippen molar-refractivity contribution in [3.8, 4) is 0 Å². The lowest BCUT2D eigenvalue weighted by Gasteiger charge is -2.34. The average molecular weight is 639 g/mol. The summed E-state index contributed by atoms with van der Waals surface area (Å²) in [7, 11) is -3.85. The Labute approximate surface area is 258 Å². The van der Waals surface area contributed by atoms with Gasteiger partial charge in [-0.1, -0.05) is 31.4 Å². The zero-order valence-corrected chi connectivity index (χ0v) is 26.8. The standard InChI is InChI=1S/C30H43ClN4O5S2/c1-21(29(37)22-6-2-3-7-22)23-12-16-33(18-23)19-24-8-4-15-35(24)28(36)20-34-14-5-9-26(30(34)38)32-42(39,40)17-13-25-10-11-27(31)41-25/h10-11,13,17,21-24,26,32H,2-9,12,14-16,18-20H2,1H3/b17-13+/t21?,23?,24-,26-/m0/s1. The van der Waals surface area contributed by atoms with Gasteiger partial charge in [0.05, 0.1) is 10.9 Å². The number of Topliss-reactive ketones (excluding diaryl/α,β-unsaturated/α-hetero) is 1. The number of thiophene rings is 1. The highest BCUT2D eigenvalue weighted by Crippen LogP contribution is 2.33. The van der Waals surface area contributed by atoms with E-state index in [0.29, 0.717) is 46.8 Å². The van der Waals surface area contributed by atoms with Crippen molar-refractivity contribution in [3.05, 3.63) is 26.8 Å². The van der Waals surface area contributed by atoms with Gasteiger partial charge < -0.3 is 14.7 Å². The fraction of sp³-hybridized carbons (Fsp3) is 0.700. The topological polar surface area (TPSA) is 107 Å². The lowest BCUT2D eigenvalue weighted by molar-refractivity contribution is -0.143. The first-order valence-corrected chi connectivity index (χ1v) is 18.1. The lowest BCUT2D eigenvalue weighted by Crippen LogP contribution is -2.55. The molecule has 1 aliphatic carbocycles. The summed E-state index contributed by atoms with van der Waals surface area (Å²) in [5, 5.41) is 1.05. The minimum absolute atomic E-state index is 0.0351. The number of ketones is 1. The summed E-state index contributed by atoms with van der Waals surface area (Å²) in [4.78, 5) is 46.1. The third-order valence-electron chi connectivity index (χ3n) is 9.56. The van der Waals surface area contributed by atoms with E-state index >= 15 is 0 Å². The van der Waals surface area contributed by atoms with Crippen LogP contribution in [0.5, 0.6) is 0 Å². The van der Waals surface area contributed by atoms with Crippen molar-refractivity contribution in [1.29, 1.82) is 0 Å². The van der Waals surface area contributed by atoms with E-state index in [1.165, 1.54) is 35.2 Å². The normalized spacial score (nSPS) is 27.0. The second kappa shape index (κ2) is 13.9. The number of hydrogen-bond acceptors (Lipinski definition) is 7. The maximum Gasteiger partial charge on any atom is 0.242 e. The molecule has 4 aliphatic rings. The van der Waals surface area contributed by atoms with Crippen LogP contribution in [0.25, 0.3) is 6.08 Å². The molecule has 1 aromatic rings. The number of rotatable bonds is 11. The monoisotopic (exact) mass is 638 g/mol. The molecule has 3 aliphatic heterocycles. The molecule has 0 aromatic carbocycles. The number of carbonyl (C=O) groups excluding carboxylic acids is 3. The predicted octanol–water partition coefficient (Wildman–Crippen LogP) is 3.99. The molecule has 3 saturated heterocycles. The number of nitrogens with zero attached hydrogens (tertiary/aromatic N) is 3. The van der Waals surface area contributed by atoms with E-state index in [1.807, 2.05) is 4.90 Å². The summed E-state index contributed by atoms with van der Waals surface area (Å²) in [5.74, 6) is 0.751. The van der Waals surface area contributed by atoms with Gasteiger partial charge >= 0.3 is 0 Å². The van der Waals surface area contributed by atoms with Crippen LogP contribution in [0.15, 0.2) is 17.5 Å². The van der Waals surface area contributed by atoms with Crippen LogP contribution in [0.2, 0.25) is 4.34 Å². The molecule has 4 heterocycles. The first-order valence-electron chi connectivity index (χ1n) is 15.4. The summed E-state index contributed by atoms with van der Waals surface area (Å²) >= 11 is 7.18. The quantitative estimate of drug-likeness (QED) is 0.393. The summed E-state index contributed by atoms with van der Waals surface area (Å²) < 4.78 is 28.4. The smallest absolute Gasteiger partial charge is 0.242 e. The van der Waals surface area contributed by atoms with E-state index in [0.717, 1.165) is 57.1 Å². The summed E-state index contributed by atoms with van der Waals surface area (Å²) in [5.41, 5.74) is 0. The molecule has 0 spiro atoms. The number of likely N-dealkylation sites (tertiary alicyclic amines) is 3. The van der Waals surface area contributed by atoms with Crippen LogP contribution in [0.4, 0.5) is 0 Å². The van der Waals surface area contributed by atoms with Crippen LogP contribution in [-0.2, 0) is 24.4 Å². The molecule has 1 aromatic heterocycles. The van der Waals surface area contributed by atoms with Gasteiger partial charge in [0.15, 0.2) is 0 Å². The molecule has 2 amide bonds. The van der Waals surface area contributed by atoms with Crippen LogP contribution in [0.3, 0.4) is 0 Å². The molecule has 5 rings (SSSR count). The molecular formula is C30H43ClN4O5S2. The molecule has 4 fully saturated rings. The maximum atomic E-state index is 13.4. The molecule has 12 heteroatoms. The Morgan fingerprint density at radius 2 is 1.83 bits per heavy atom. The zero-order valence-electron chi connectivity index (χ0n) is 24.4. The zero-order chi connectivity index (χ0) is 29.9. The van der Waals surface area contributed by atoms with Crippen molar-refractivity contribution in [2.45, 2.75) is 76.8 Å². The van der Waals surface area contributed by atoms with E-state index < -0.39 is 16.1 Å². The van der Waals surface area contributed by atoms with Crippen LogP contribution in [0, 0.1) is 17.8 Å². The summed E-state index contributed by atoms with van der Waals surface area (Å²) in [6.45, 7) is 5.83. The molecule has 1 saturated carbocycles. The fourth-order valence-electron chi connectivity index (χ4n) is 7.18. The highest BCUT2D eigenvalue weighted by Gasteiger charge is 2.38. The number of piperidine rings is 1. The number of nitrogens with one attached hydrogen (secondary N) is 1. The largest absolute Gasteiger partial charge is 0.337 e. The minimum Gasteiger partial charge on any atom is -0.337 e. The van der Waals surface area contributed by atoms with Crippen molar-refractivity contribution >= 4 is 56.6 Å². The second-order valence-corrected chi connectivity index (χ2v) is 15.8. The van der Waals surface area contributed by atoms with Gasteiger partial charge in [0.25, 0.3) is 0 Å². The summed E-state index contributed by atoms with van der Waals surface area (Å²) in [6, 6.07) is 2.63. The molecule has 42 heavy (non-hydrogen) atoms. The number of halogens is 1. The van der Waals surface area contributed by atoms with Crippen molar-refractivity contribution in [2.24, 2.45) is 17.8 Å². The third kappa shape index (κ3) is 7.83. The Morgan fingerprint density at radius 1 is 1.07 bits per heavy atom. The minimum atomic E-state index is -3.85. The van der Waals surface area contributed by atoms with Gasteiger partial charge in [-0.25, -0.2) is 8.42 Å². The molecular weight excluding hydrogens is 596 g/mol. The first-order chi connectivity index (χ1) is 20.1. The Bertz CT molecular complexity index is 1280. The van der Waals surface area contributed by atoms with Gasteiger partial charge in [-0.15, -0.1) is 11.3 Å². The molecule has 2 unspecified atom stereocenters. The predicted molar refractivity (Wildman–Crippen MR) is 165 cm³/mol. The highest BCUT2D eigenvalue weighted by atomic mass is 35.5. The van der Waals surface area contributed by atoms with E-state index in [2.05, 4.69) is 16.5 Å². The van der Waals surface area contributed by atoms with Crippen LogP contribution < -0.4 is 4.72 Å². The van der Waals surface area contributed by atoms with Crippen LogP contribution in [-0.4, -0.2) is 92.1 Å². The van der Waals surface area contributed by atoms with Gasteiger partial charge in [0.2, 0.25) is 21.8 Å².